The van der Waals surface area contributed by atoms with E-state index in [1.54, 1.807) is 0 Å². The van der Waals surface area contributed by atoms with E-state index in [-0.39, 0.29) is 11.7 Å². The van der Waals surface area contributed by atoms with Crippen molar-refractivity contribution < 1.29 is 19.0 Å². The zero-order valence-corrected chi connectivity index (χ0v) is 19.6. The SMILES string of the molecule is CCCCCCCCC(CCCCCCc1ccc(F)cc1)C(O)(OCC)OCC. The molecule has 0 spiro atoms. The van der Waals surface area contributed by atoms with Crippen LogP contribution in [0.2, 0.25) is 0 Å². The molecule has 30 heavy (non-hydrogen) atoms. The molecular weight excluding hydrogens is 379 g/mol. The molecule has 1 rings (SSSR count). The lowest BCUT2D eigenvalue weighted by atomic mass is 9.91. The monoisotopic (exact) mass is 424 g/mol. The Balaban J connectivity index is 2.40. The Kier molecular flexibility index (Phi) is 15.1. The van der Waals surface area contributed by atoms with E-state index in [1.165, 1.54) is 49.8 Å². The third kappa shape index (κ3) is 11.4. The van der Waals surface area contributed by atoms with E-state index >= 15 is 0 Å². The molecule has 0 aliphatic carbocycles. The molecule has 0 saturated heterocycles. The van der Waals surface area contributed by atoms with E-state index < -0.39 is 5.97 Å². The van der Waals surface area contributed by atoms with Crippen LogP contribution in [-0.4, -0.2) is 24.3 Å². The Labute approximate surface area is 184 Å². The normalized spacial score (nSPS) is 13.0. The second-order valence-corrected chi connectivity index (χ2v) is 8.33. The van der Waals surface area contributed by atoms with Crippen LogP contribution in [0.3, 0.4) is 0 Å². The molecule has 1 atom stereocenters. The molecule has 0 heterocycles. The highest BCUT2D eigenvalue weighted by Gasteiger charge is 2.37. The van der Waals surface area contributed by atoms with E-state index in [0.29, 0.717) is 13.2 Å². The first kappa shape index (κ1) is 27.1. The van der Waals surface area contributed by atoms with Crippen molar-refractivity contribution in [1.29, 1.82) is 0 Å². The zero-order valence-electron chi connectivity index (χ0n) is 19.6. The average molecular weight is 425 g/mol. The van der Waals surface area contributed by atoms with E-state index in [4.69, 9.17) is 9.47 Å². The minimum Gasteiger partial charge on any atom is -0.343 e. The van der Waals surface area contributed by atoms with Gasteiger partial charge in [0, 0.05) is 19.1 Å². The van der Waals surface area contributed by atoms with E-state index in [2.05, 4.69) is 6.92 Å². The summed E-state index contributed by atoms with van der Waals surface area (Å²) < 4.78 is 24.3. The molecule has 0 radical (unpaired) electrons. The fraction of sp³-hybridized carbons (Fsp3) is 0.769. The molecule has 3 nitrogen and oxygen atoms in total. The van der Waals surface area contributed by atoms with Gasteiger partial charge < -0.3 is 14.6 Å². The molecule has 0 saturated carbocycles. The second kappa shape index (κ2) is 16.7. The summed E-state index contributed by atoms with van der Waals surface area (Å²) in [7, 11) is 0. The van der Waals surface area contributed by atoms with Crippen molar-refractivity contribution in [2.45, 2.75) is 110 Å². The number of hydrogen-bond acceptors (Lipinski definition) is 3. The largest absolute Gasteiger partial charge is 0.343 e. The van der Waals surface area contributed by atoms with Gasteiger partial charge in [0.1, 0.15) is 5.82 Å². The van der Waals surface area contributed by atoms with Crippen molar-refractivity contribution in [1.82, 2.24) is 0 Å². The molecule has 1 aromatic carbocycles. The number of aliphatic hydroxyl groups is 1. The van der Waals surface area contributed by atoms with Gasteiger partial charge in [0.15, 0.2) is 0 Å². The lowest BCUT2D eigenvalue weighted by molar-refractivity contribution is -0.385. The highest BCUT2D eigenvalue weighted by Crippen LogP contribution is 2.31. The topological polar surface area (TPSA) is 38.7 Å². The summed E-state index contributed by atoms with van der Waals surface area (Å²) in [6.07, 6.45) is 14.8. The smallest absolute Gasteiger partial charge is 0.283 e. The standard InChI is InChI=1S/C26H45FO3/c1-4-7-8-9-10-14-17-24(26(28,29-5-2)30-6-3)18-15-12-11-13-16-23-19-21-25(27)22-20-23/h19-22,24,28H,4-18H2,1-3H3. The van der Waals surface area contributed by atoms with Gasteiger partial charge in [-0.1, -0.05) is 76.8 Å². The van der Waals surface area contributed by atoms with Gasteiger partial charge in [0.2, 0.25) is 0 Å². The maximum atomic E-state index is 13.0. The second-order valence-electron chi connectivity index (χ2n) is 8.33. The summed E-state index contributed by atoms with van der Waals surface area (Å²) in [6, 6.07) is 6.81. The van der Waals surface area contributed by atoms with Crippen molar-refractivity contribution >= 4 is 0 Å². The van der Waals surface area contributed by atoms with Gasteiger partial charge in [-0.15, -0.1) is 0 Å². The minimum atomic E-state index is -1.46. The molecule has 0 aliphatic rings. The van der Waals surface area contributed by atoms with Gasteiger partial charge in [-0.3, -0.25) is 0 Å². The number of benzene rings is 1. The summed E-state index contributed by atoms with van der Waals surface area (Å²) in [5, 5.41) is 11.0. The predicted octanol–water partition coefficient (Wildman–Crippen LogP) is 7.40. The van der Waals surface area contributed by atoms with E-state index in [9.17, 15) is 9.50 Å². The van der Waals surface area contributed by atoms with Crippen molar-refractivity contribution in [2.75, 3.05) is 13.2 Å². The fourth-order valence-electron chi connectivity index (χ4n) is 4.10. The first-order valence-corrected chi connectivity index (χ1v) is 12.3. The fourth-order valence-corrected chi connectivity index (χ4v) is 4.10. The highest BCUT2D eigenvalue weighted by molar-refractivity contribution is 5.15. The maximum Gasteiger partial charge on any atom is 0.283 e. The average Bonchev–Trinajstić information content (AvgIpc) is 2.73. The molecule has 0 fully saturated rings. The quantitative estimate of drug-likeness (QED) is 0.186. The molecule has 1 aromatic rings. The molecule has 1 N–H and O–H groups in total. The van der Waals surface area contributed by atoms with Crippen LogP contribution in [0.4, 0.5) is 4.39 Å². The Morgan fingerprint density at radius 2 is 1.27 bits per heavy atom. The summed E-state index contributed by atoms with van der Waals surface area (Å²) in [5.74, 6) is -1.62. The molecule has 0 aliphatic heterocycles. The Hall–Kier alpha value is -0.970. The summed E-state index contributed by atoms with van der Waals surface area (Å²) in [5.41, 5.74) is 1.19. The number of rotatable bonds is 19. The zero-order chi connectivity index (χ0) is 22.1. The third-order valence-corrected chi connectivity index (χ3v) is 5.81. The van der Waals surface area contributed by atoms with Gasteiger partial charge in [-0.2, -0.15) is 0 Å². The predicted molar refractivity (Wildman–Crippen MR) is 123 cm³/mol. The van der Waals surface area contributed by atoms with Crippen LogP contribution in [0.15, 0.2) is 24.3 Å². The van der Waals surface area contributed by atoms with Crippen LogP contribution in [-0.2, 0) is 15.9 Å². The number of aryl methyl sites for hydroxylation is 1. The van der Waals surface area contributed by atoms with Gasteiger partial charge in [-0.05, 0) is 57.2 Å². The van der Waals surface area contributed by atoms with Crippen molar-refractivity contribution in [2.24, 2.45) is 5.92 Å². The van der Waals surface area contributed by atoms with Crippen LogP contribution >= 0.6 is 0 Å². The van der Waals surface area contributed by atoms with Gasteiger partial charge in [-0.25, -0.2) is 4.39 Å². The first-order chi connectivity index (χ1) is 14.6. The number of hydrogen-bond donors (Lipinski definition) is 1. The minimum absolute atomic E-state index is 0.0145. The van der Waals surface area contributed by atoms with Crippen LogP contribution < -0.4 is 0 Å². The van der Waals surface area contributed by atoms with Crippen molar-refractivity contribution in [3.05, 3.63) is 35.6 Å². The van der Waals surface area contributed by atoms with E-state index in [1.807, 2.05) is 26.0 Å². The van der Waals surface area contributed by atoms with Crippen LogP contribution in [0.1, 0.15) is 103 Å². The Morgan fingerprint density at radius 3 is 1.80 bits per heavy atom. The number of unbranched alkanes of at least 4 members (excludes halogenated alkanes) is 8. The maximum absolute atomic E-state index is 13.0. The van der Waals surface area contributed by atoms with E-state index in [0.717, 1.165) is 51.4 Å². The van der Waals surface area contributed by atoms with Crippen molar-refractivity contribution in [3.8, 4) is 0 Å². The summed E-state index contributed by atoms with van der Waals surface area (Å²) in [6.45, 7) is 6.94. The molecule has 0 amide bonds. The first-order valence-electron chi connectivity index (χ1n) is 12.3. The summed E-state index contributed by atoms with van der Waals surface area (Å²) >= 11 is 0. The van der Waals surface area contributed by atoms with Gasteiger partial charge in [0.25, 0.3) is 5.97 Å². The Morgan fingerprint density at radius 1 is 0.767 bits per heavy atom. The van der Waals surface area contributed by atoms with Crippen LogP contribution in [0.5, 0.6) is 0 Å². The number of halogens is 1. The molecule has 0 bridgehead atoms. The van der Waals surface area contributed by atoms with Crippen LogP contribution in [0.25, 0.3) is 0 Å². The third-order valence-electron chi connectivity index (χ3n) is 5.81. The van der Waals surface area contributed by atoms with Gasteiger partial charge in [0.05, 0.1) is 0 Å². The molecule has 1 unspecified atom stereocenters. The molecule has 174 valence electrons. The lowest BCUT2D eigenvalue weighted by Crippen LogP contribution is -2.44. The summed E-state index contributed by atoms with van der Waals surface area (Å²) in [4.78, 5) is 0. The number of ether oxygens (including phenoxy) is 2. The Bertz CT molecular complexity index is 512. The van der Waals surface area contributed by atoms with Gasteiger partial charge >= 0.3 is 0 Å². The lowest BCUT2D eigenvalue weighted by Gasteiger charge is -2.35. The van der Waals surface area contributed by atoms with Crippen LogP contribution in [0, 0.1) is 11.7 Å². The molecular formula is C26H45FO3. The molecule has 4 heteroatoms. The van der Waals surface area contributed by atoms with Crippen molar-refractivity contribution in [3.63, 3.8) is 0 Å². The molecule has 0 aromatic heterocycles. The highest BCUT2D eigenvalue weighted by atomic mass is 19.1.